The monoisotopic (exact) mass is 213 g/mol. The highest BCUT2D eigenvalue weighted by Gasteiger charge is 2.27. The SMILES string of the molecule is CCC(C)(C)C(=O)NC(C)CC(C)(C)C. The molecular formula is C13H27NO. The summed E-state index contributed by atoms with van der Waals surface area (Å²) in [6, 6.07) is 0.253. The van der Waals surface area contributed by atoms with Gasteiger partial charge in [-0.3, -0.25) is 4.79 Å². The molecule has 15 heavy (non-hydrogen) atoms. The zero-order valence-electron chi connectivity index (χ0n) is 11.4. The minimum absolute atomic E-state index is 0.168. The largest absolute Gasteiger partial charge is 0.353 e. The summed E-state index contributed by atoms with van der Waals surface area (Å²) >= 11 is 0. The average molecular weight is 213 g/mol. The predicted molar refractivity (Wildman–Crippen MR) is 65.7 cm³/mol. The molecule has 0 aromatic rings. The van der Waals surface area contributed by atoms with Crippen molar-refractivity contribution < 1.29 is 4.79 Å². The van der Waals surface area contributed by atoms with Gasteiger partial charge in [0, 0.05) is 11.5 Å². The lowest BCUT2D eigenvalue weighted by atomic mass is 9.86. The van der Waals surface area contributed by atoms with E-state index >= 15 is 0 Å². The van der Waals surface area contributed by atoms with Crippen LogP contribution in [0.3, 0.4) is 0 Å². The maximum atomic E-state index is 11.9. The number of rotatable bonds is 4. The van der Waals surface area contributed by atoms with Gasteiger partial charge in [0.1, 0.15) is 0 Å². The molecule has 0 aliphatic heterocycles. The minimum Gasteiger partial charge on any atom is -0.353 e. The average Bonchev–Trinajstić information content (AvgIpc) is 2.00. The minimum atomic E-state index is -0.244. The highest BCUT2D eigenvalue weighted by molar-refractivity contribution is 5.81. The maximum Gasteiger partial charge on any atom is 0.225 e. The van der Waals surface area contributed by atoms with Gasteiger partial charge in [0.05, 0.1) is 0 Å². The van der Waals surface area contributed by atoms with E-state index in [1.165, 1.54) is 0 Å². The van der Waals surface area contributed by atoms with E-state index in [1.807, 2.05) is 20.8 Å². The number of hydrogen-bond donors (Lipinski definition) is 1. The van der Waals surface area contributed by atoms with Crippen molar-refractivity contribution in [3.8, 4) is 0 Å². The lowest BCUT2D eigenvalue weighted by Crippen LogP contribution is -2.42. The molecular weight excluding hydrogens is 186 g/mol. The van der Waals surface area contributed by atoms with Crippen molar-refractivity contribution in [1.82, 2.24) is 5.32 Å². The molecule has 1 atom stereocenters. The first-order valence-electron chi connectivity index (χ1n) is 5.89. The Morgan fingerprint density at radius 1 is 1.20 bits per heavy atom. The first-order chi connectivity index (χ1) is 6.58. The molecule has 0 radical (unpaired) electrons. The second kappa shape index (κ2) is 5.00. The van der Waals surface area contributed by atoms with E-state index in [2.05, 4.69) is 33.0 Å². The Bertz CT molecular complexity index is 213. The number of nitrogens with one attached hydrogen (secondary N) is 1. The Labute approximate surface area is 94.8 Å². The van der Waals surface area contributed by atoms with Crippen molar-refractivity contribution >= 4 is 5.91 Å². The molecule has 0 saturated heterocycles. The van der Waals surface area contributed by atoms with Crippen molar-refractivity contribution in [2.75, 3.05) is 0 Å². The molecule has 0 aromatic carbocycles. The van der Waals surface area contributed by atoms with E-state index in [0.29, 0.717) is 0 Å². The van der Waals surface area contributed by atoms with Crippen LogP contribution < -0.4 is 5.32 Å². The van der Waals surface area contributed by atoms with Crippen molar-refractivity contribution in [1.29, 1.82) is 0 Å². The molecule has 0 aliphatic rings. The highest BCUT2D eigenvalue weighted by atomic mass is 16.2. The number of carbonyl (C=O) groups excluding carboxylic acids is 1. The second-order valence-corrected chi connectivity index (χ2v) is 6.38. The summed E-state index contributed by atoms with van der Waals surface area (Å²) in [7, 11) is 0. The molecule has 0 saturated carbocycles. The molecule has 0 rings (SSSR count). The van der Waals surface area contributed by atoms with Gasteiger partial charge < -0.3 is 5.32 Å². The molecule has 0 fully saturated rings. The van der Waals surface area contributed by atoms with Gasteiger partial charge in [0.15, 0.2) is 0 Å². The molecule has 0 aromatic heterocycles. The van der Waals surface area contributed by atoms with Crippen molar-refractivity contribution in [2.45, 2.75) is 67.3 Å². The zero-order chi connectivity index (χ0) is 12.3. The Balaban J connectivity index is 4.20. The van der Waals surface area contributed by atoms with Crippen LogP contribution in [0.4, 0.5) is 0 Å². The van der Waals surface area contributed by atoms with E-state index in [-0.39, 0.29) is 22.8 Å². The first-order valence-corrected chi connectivity index (χ1v) is 5.89. The van der Waals surface area contributed by atoms with Crippen LogP contribution in [0.5, 0.6) is 0 Å². The standard InChI is InChI=1S/C13H27NO/c1-8-13(6,7)11(15)14-10(2)9-12(3,4)5/h10H,8-9H2,1-7H3,(H,14,15). The summed E-state index contributed by atoms with van der Waals surface area (Å²) in [6.07, 6.45) is 1.89. The third-order valence-corrected chi connectivity index (χ3v) is 2.79. The molecule has 0 aliphatic carbocycles. The molecule has 0 spiro atoms. The number of hydrogen-bond acceptors (Lipinski definition) is 1. The lowest BCUT2D eigenvalue weighted by molar-refractivity contribution is -0.130. The van der Waals surface area contributed by atoms with Gasteiger partial charge in [-0.15, -0.1) is 0 Å². The molecule has 0 heterocycles. The zero-order valence-corrected chi connectivity index (χ0v) is 11.4. The molecule has 1 N–H and O–H groups in total. The number of amides is 1. The predicted octanol–water partition coefficient (Wildman–Crippen LogP) is 3.36. The summed E-state index contributed by atoms with van der Waals surface area (Å²) in [5.41, 5.74) is 0.0230. The maximum absolute atomic E-state index is 11.9. The Morgan fingerprint density at radius 2 is 1.67 bits per heavy atom. The third kappa shape index (κ3) is 5.81. The Kier molecular flexibility index (Phi) is 4.82. The fourth-order valence-corrected chi connectivity index (χ4v) is 1.55. The molecule has 2 heteroatoms. The quantitative estimate of drug-likeness (QED) is 0.762. The van der Waals surface area contributed by atoms with Crippen LogP contribution >= 0.6 is 0 Å². The summed E-state index contributed by atoms with van der Waals surface area (Å²) < 4.78 is 0. The summed E-state index contributed by atoms with van der Waals surface area (Å²) in [6.45, 7) is 14.7. The Morgan fingerprint density at radius 3 is 2.00 bits per heavy atom. The van der Waals surface area contributed by atoms with Crippen LogP contribution in [0, 0.1) is 10.8 Å². The molecule has 2 nitrogen and oxygen atoms in total. The fourth-order valence-electron chi connectivity index (χ4n) is 1.55. The smallest absolute Gasteiger partial charge is 0.225 e. The van der Waals surface area contributed by atoms with E-state index in [0.717, 1.165) is 12.8 Å². The van der Waals surface area contributed by atoms with Crippen LogP contribution in [-0.2, 0) is 4.79 Å². The third-order valence-electron chi connectivity index (χ3n) is 2.79. The van der Waals surface area contributed by atoms with Gasteiger partial charge in [-0.1, -0.05) is 41.5 Å². The number of carbonyl (C=O) groups is 1. The van der Waals surface area contributed by atoms with Crippen LogP contribution in [0.25, 0.3) is 0 Å². The normalized spacial score (nSPS) is 14.9. The van der Waals surface area contributed by atoms with Crippen LogP contribution in [0.15, 0.2) is 0 Å². The molecule has 1 unspecified atom stereocenters. The van der Waals surface area contributed by atoms with Crippen molar-refractivity contribution in [3.05, 3.63) is 0 Å². The van der Waals surface area contributed by atoms with Crippen LogP contribution in [-0.4, -0.2) is 11.9 Å². The topological polar surface area (TPSA) is 29.1 Å². The van der Waals surface area contributed by atoms with E-state index in [9.17, 15) is 4.79 Å². The highest BCUT2D eigenvalue weighted by Crippen LogP contribution is 2.23. The van der Waals surface area contributed by atoms with Gasteiger partial charge in [0.2, 0.25) is 5.91 Å². The summed E-state index contributed by atoms with van der Waals surface area (Å²) in [5.74, 6) is 0.168. The Hall–Kier alpha value is -0.530. The first kappa shape index (κ1) is 14.5. The van der Waals surface area contributed by atoms with Crippen molar-refractivity contribution in [2.24, 2.45) is 10.8 Å². The van der Waals surface area contributed by atoms with Crippen molar-refractivity contribution in [3.63, 3.8) is 0 Å². The lowest BCUT2D eigenvalue weighted by Gasteiger charge is -2.28. The van der Waals surface area contributed by atoms with Gasteiger partial charge in [-0.05, 0) is 25.2 Å². The van der Waals surface area contributed by atoms with Gasteiger partial charge >= 0.3 is 0 Å². The fraction of sp³-hybridized carbons (Fsp3) is 0.923. The van der Waals surface area contributed by atoms with Gasteiger partial charge in [-0.25, -0.2) is 0 Å². The molecule has 0 bridgehead atoms. The molecule has 90 valence electrons. The molecule has 1 amide bonds. The van der Waals surface area contributed by atoms with Crippen LogP contribution in [0.1, 0.15) is 61.3 Å². The van der Waals surface area contributed by atoms with E-state index in [1.54, 1.807) is 0 Å². The van der Waals surface area contributed by atoms with Gasteiger partial charge in [-0.2, -0.15) is 0 Å². The van der Waals surface area contributed by atoms with Gasteiger partial charge in [0.25, 0.3) is 0 Å². The van der Waals surface area contributed by atoms with E-state index in [4.69, 9.17) is 0 Å². The summed E-state index contributed by atoms with van der Waals surface area (Å²) in [5, 5.41) is 3.09. The second-order valence-electron chi connectivity index (χ2n) is 6.38. The van der Waals surface area contributed by atoms with E-state index < -0.39 is 0 Å². The van der Waals surface area contributed by atoms with Crippen LogP contribution in [0.2, 0.25) is 0 Å². The summed E-state index contributed by atoms with van der Waals surface area (Å²) in [4.78, 5) is 11.9.